The van der Waals surface area contributed by atoms with Gasteiger partial charge in [-0.15, -0.1) is 0 Å². The second-order valence-electron chi connectivity index (χ2n) is 6.92. The molecule has 0 fully saturated rings. The fraction of sp³-hybridized carbons (Fsp3) is 0.417. The van der Waals surface area contributed by atoms with Gasteiger partial charge in [0, 0.05) is 11.3 Å². The van der Waals surface area contributed by atoms with E-state index in [9.17, 15) is 9.59 Å². The van der Waals surface area contributed by atoms with Crippen LogP contribution in [0, 0.1) is 0 Å². The molecule has 0 aliphatic rings. The number of aryl methyl sites for hydroxylation is 2. The quantitative estimate of drug-likeness (QED) is 0.443. The Balaban J connectivity index is 2.01. The first-order chi connectivity index (χ1) is 14.0. The number of anilines is 1. The number of carbonyl (C=O) groups is 2. The average molecular weight is 398 g/mol. The lowest BCUT2D eigenvalue weighted by atomic mass is 10.0. The first kappa shape index (κ1) is 22.5. The summed E-state index contributed by atoms with van der Waals surface area (Å²) in [5, 5.41) is 3.05. The highest BCUT2D eigenvalue weighted by Crippen LogP contribution is 2.24. The minimum absolute atomic E-state index is 0.167. The van der Waals surface area contributed by atoms with Crippen LogP contribution in [-0.4, -0.2) is 24.6 Å². The van der Waals surface area contributed by atoms with Crippen LogP contribution >= 0.6 is 0 Å². The molecule has 2 aromatic carbocycles. The molecule has 0 heterocycles. The van der Waals surface area contributed by atoms with Crippen LogP contribution in [0.25, 0.3) is 0 Å². The zero-order valence-corrected chi connectivity index (χ0v) is 17.8. The summed E-state index contributed by atoms with van der Waals surface area (Å²) < 4.78 is 10.8. The van der Waals surface area contributed by atoms with Crippen molar-refractivity contribution >= 4 is 17.6 Å². The first-order valence-electron chi connectivity index (χ1n) is 10.4. The topological polar surface area (TPSA) is 64.6 Å². The first-order valence-corrected chi connectivity index (χ1v) is 10.4. The molecule has 0 saturated carbocycles. The van der Waals surface area contributed by atoms with Gasteiger partial charge in [-0.05, 0) is 61.6 Å². The molecule has 0 aromatic heterocycles. The molecular formula is C24H31NO4. The Hall–Kier alpha value is -2.82. The highest BCUT2D eigenvalue weighted by atomic mass is 16.6. The Bertz CT molecular complexity index is 792. The van der Waals surface area contributed by atoms with Gasteiger partial charge in [-0.1, -0.05) is 45.4 Å². The van der Waals surface area contributed by atoms with Crippen LogP contribution in [0.3, 0.4) is 0 Å². The monoisotopic (exact) mass is 397 g/mol. The van der Waals surface area contributed by atoms with E-state index >= 15 is 0 Å². The molecule has 2 rings (SSSR count). The lowest BCUT2D eigenvalue weighted by molar-refractivity contribution is -0.151. The summed E-state index contributed by atoms with van der Waals surface area (Å²) in [5.74, 6) is -0.0348. The van der Waals surface area contributed by atoms with Gasteiger partial charge in [-0.2, -0.15) is 0 Å². The third kappa shape index (κ3) is 6.34. The number of hydrogen-bond donors (Lipinski definition) is 1. The number of hydrogen-bond acceptors (Lipinski definition) is 4. The van der Waals surface area contributed by atoms with Gasteiger partial charge in [-0.25, -0.2) is 4.79 Å². The normalized spacial score (nSPS) is 11.6. The van der Waals surface area contributed by atoms with Crippen LogP contribution in [0.15, 0.2) is 42.5 Å². The van der Waals surface area contributed by atoms with Crippen LogP contribution in [0.4, 0.5) is 5.69 Å². The van der Waals surface area contributed by atoms with Crippen molar-refractivity contribution in [3.8, 4) is 5.75 Å². The van der Waals surface area contributed by atoms with Crippen LogP contribution < -0.4 is 10.1 Å². The van der Waals surface area contributed by atoms with E-state index < -0.39 is 6.10 Å². The Morgan fingerprint density at radius 2 is 1.59 bits per heavy atom. The Morgan fingerprint density at radius 1 is 0.966 bits per heavy atom. The molecule has 0 radical (unpaired) electrons. The number of esters is 1. The summed E-state index contributed by atoms with van der Waals surface area (Å²) in [5.41, 5.74) is 3.66. The molecule has 1 atom stereocenters. The van der Waals surface area contributed by atoms with E-state index in [4.69, 9.17) is 9.47 Å². The number of rotatable bonds is 10. The van der Waals surface area contributed by atoms with E-state index in [2.05, 4.69) is 19.2 Å². The van der Waals surface area contributed by atoms with Crippen molar-refractivity contribution in [1.82, 2.24) is 0 Å². The van der Waals surface area contributed by atoms with Gasteiger partial charge in [0.25, 0.3) is 5.91 Å². The lowest BCUT2D eigenvalue weighted by Crippen LogP contribution is -2.26. The number of unbranched alkanes of at least 4 members (excludes halogenated alkanes) is 1. The molecule has 156 valence electrons. The fourth-order valence-corrected chi connectivity index (χ4v) is 2.96. The molecule has 5 nitrogen and oxygen atoms in total. The second kappa shape index (κ2) is 11.2. The van der Waals surface area contributed by atoms with Gasteiger partial charge >= 0.3 is 5.97 Å². The molecule has 2 aromatic rings. The Labute approximate surface area is 173 Å². The smallest absolute Gasteiger partial charge is 0.347 e. The molecular weight excluding hydrogens is 366 g/mol. The molecule has 0 unspecified atom stereocenters. The maximum Gasteiger partial charge on any atom is 0.347 e. The van der Waals surface area contributed by atoms with Gasteiger partial charge in [0.2, 0.25) is 0 Å². The van der Waals surface area contributed by atoms with Crippen molar-refractivity contribution < 1.29 is 19.1 Å². The molecule has 0 saturated heterocycles. The van der Waals surface area contributed by atoms with E-state index in [1.165, 1.54) is 0 Å². The summed E-state index contributed by atoms with van der Waals surface area (Å²) in [7, 11) is 0. The third-order valence-corrected chi connectivity index (χ3v) is 4.74. The summed E-state index contributed by atoms with van der Waals surface area (Å²) in [4.78, 5) is 24.6. The van der Waals surface area contributed by atoms with Crippen LogP contribution in [0.1, 0.15) is 62.0 Å². The van der Waals surface area contributed by atoms with Crippen LogP contribution in [0.5, 0.6) is 5.75 Å². The molecule has 1 N–H and O–H groups in total. The van der Waals surface area contributed by atoms with E-state index in [0.717, 1.165) is 42.5 Å². The number of para-hydroxylation sites is 1. The van der Waals surface area contributed by atoms with Crippen molar-refractivity contribution in [1.29, 1.82) is 0 Å². The second-order valence-corrected chi connectivity index (χ2v) is 6.92. The van der Waals surface area contributed by atoms with E-state index in [1.54, 1.807) is 31.2 Å². The lowest BCUT2D eigenvalue weighted by Gasteiger charge is -2.15. The van der Waals surface area contributed by atoms with E-state index in [0.29, 0.717) is 17.9 Å². The molecule has 0 aliphatic heterocycles. The predicted molar refractivity (Wildman–Crippen MR) is 116 cm³/mol. The molecule has 1 amide bonds. The summed E-state index contributed by atoms with van der Waals surface area (Å²) >= 11 is 0. The third-order valence-electron chi connectivity index (χ3n) is 4.74. The highest BCUT2D eigenvalue weighted by Gasteiger charge is 2.17. The number of amides is 1. The maximum atomic E-state index is 12.7. The fourth-order valence-electron chi connectivity index (χ4n) is 2.96. The van der Waals surface area contributed by atoms with E-state index in [-0.39, 0.29) is 11.9 Å². The summed E-state index contributed by atoms with van der Waals surface area (Å²) in [6.07, 6.45) is 2.80. The molecule has 0 aliphatic carbocycles. The van der Waals surface area contributed by atoms with Crippen LogP contribution in [0.2, 0.25) is 0 Å². The van der Waals surface area contributed by atoms with Crippen molar-refractivity contribution in [3.63, 3.8) is 0 Å². The highest BCUT2D eigenvalue weighted by molar-refractivity contribution is 6.05. The SMILES string of the molecule is CCCCOC(=O)[C@H](C)Oc1ccc(C(=O)Nc2c(CC)cccc2CC)cc1. The molecule has 0 spiro atoms. The van der Waals surface area contributed by atoms with Crippen molar-refractivity contribution in [2.24, 2.45) is 0 Å². The zero-order chi connectivity index (χ0) is 21.2. The number of nitrogens with one attached hydrogen (secondary N) is 1. The minimum atomic E-state index is -0.699. The number of ether oxygens (including phenoxy) is 2. The van der Waals surface area contributed by atoms with Gasteiger partial charge in [0.05, 0.1) is 6.61 Å². The zero-order valence-electron chi connectivity index (χ0n) is 17.8. The van der Waals surface area contributed by atoms with Crippen molar-refractivity contribution in [2.45, 2.75) is 59.5 Å². The Kier molecular flexibility index (Phi) is 8.71. The maximum absolute atomic E-state index is 12.7. The minimum Gasteiger partial charge on any atom is -0.479 e. The molecule has 5 heteroatoms. The molecule has 29 heavy (non-hydrogen) atoms. The van der Waals surface area contributed by atoms with Crippen LogP contribution in [-0.2, 0) is 22.4 Å². The average Bonchev–Trinajstić information content (AvgIpc) is 2.74. The Morgan fingerprint density at radius 3 is 2.14 bits per heavy atom. The molecule has 0 bridgehead atoms. The van der Waals surface area contributed by atoms with E-state index in [1.807, 2.05) is 25.1 Å². The number of carbonyl (C=O) groups excluding carboxylic acids is 2. The van der Waals surface area contributed by atoms with Crippen molar-refractivity contribution in [2.75, 3.05) is 11.9 Å². The van der Waals surface area contributed by atoms with Crippen molar-refractivity contribution in [3.05, 3.63) is 59.2 Å². The van der Waals surface area contributed by atoms with Gasteiger partial charge in [0.15, 0.2) is 6.10 Å². The predicted octanol–water partition coefficient (Wildman–Crippen LogP) is 5.17. The largest absolute Gasteiger partial charge is 0.479 e. The number of benzene rings is 2. The van der Waals surface area contributed by atoms with Gasteiger partial charge in [-0.3, -0.25) is 4.79 Å². The van der Waals surface area contributed by atoms with Gasteiger partial charge < -0.3 is 14.8 Å². The van der Waals surface area contributed by atoms with Gasteiger partial charge in [0.1, 0.15) is 5.75 Å². The summed E-state index contributed by atoms with van der Waals surface area (Å²) in [6.45, 7) is 8.25. The summed E-state index contributed by atoms with van der Waals surface area (Å²) in [6, 6.07) is 12.9. The standard InChI is InChI=1S/C24H31NO4/c1-5-8-16-28-24(27)17(4)29-21-14-12-20(13-15-21)23(26)25-22-18(6-2)10-9-11-19(22)7-3/h9-15,17H,5-8,16H2,1-4H3,(H,25,26)/t17-/m0/s1.